The number of nitrogens with one attached hydrogen (secondary N) is 1. The summed E-state index contributed by atoms with van der Waals surface area (Å²) in [5, 5.41) is 2.44. The molecule has 8 nitrogen and oxygen atoms in total. The van der Waals surface area contributed by atoms with Crippen LogP contribution >= 0.6 is 0 Å². The van der Waals surface area contributed by atoms with Crippen LogP contribution in [0.15, 0.2) is 17.1 Å². The third-order valence-corrected chi connectivity index (χ3v) is 5.46. The molecule has 0 bridgehead atoms. The fourth-order valence-electron chi connectivity index (χ4n) is 2.28. The van der Waals surface area contributed by atoms with Gasteiger partial charge in [0.1, 0.15) is 11.6 Å². The van der Waals surface area contributed by atoms with Crippen molar-refractivity contribution >= 4 is 32.3 Å². The molecule has 0 aromatic heterocycles. The van der Waals surface area contributed by atoms with Crippen molar-refractivity contribution in [1.29, 1.82) is 0 Å². The summed E-state index contributed by atoms with van der Waals surface area (Å²) in [4.78, 5) is 40.7. The summed E-state index contributed by atoms with van der Waals surface area (Å²) in [6.45, 7) is 12.0. The molecular formula is C18H31N3O5Si. The molecule has 9 heteroatoms. The van der Waals surface area contributed by atoms with Gasteiger partial charge in [0.15, 0.2) is 5.54 Å². The number of primary amides is 1. The van der Waals surface area contributed by atoms with Gasteiger partial charge < -0.3 is 20.5 Å². The minimum absolute atomic E-state index is 0.145. The number of hydrogen-bond acceptors (Lipinski definition) is 6. The zero-order chi connectivity index (χ0) is 20.9. The van der Waals surface area contributed by atoms with E-state index in [-0.39, 0.29) is 13.0 Å². The van der Waals surface area contributed by atoms with Crippen molar-refractivity contribution in [1.82, 2.24) is 5.32 Å². The lowest BCUT2D eigenvalue weighted by molar-refractivity contribution is -0.159. The maximum atomic E-state index is 12.6. The van der Waals surface area contributed by atoms with Gasteiger partial charge in [-0.1, -0.05) is 19.6 Å². The Morgan fingerprint density at radius 1 is 1.26 bits per heavy atom. The van der Waals surface area contributed by atoms with Gasteiger partial charge in [-0.2, -0.15) is 0 Å². The number of nitrogens with two attached hydrogens (primary N) is 1. The Kier molecular flexibility index (Phi) is 7.36. The number of carbonyl (C=O) groups is 3. The highest BCUT2D eigenvalue weighted by atomic mass is 28.3. The Morgan fingerprint density at radius 3 is 2.33 bits per heavy atom. The lowest BCUT2D eigenvalue weighted by atomic mass is 9.91. The first kappa shape index (κ1) is 22.9. The van der Waals surface area contributed by atoms with E-state index in [1.165, 1.54) is 12.3 Å². The van der Waals surface area contributed by atoms with Crippen LogP contribution in [0.5, 0.6) is 0 Å². The number of rotatable bonds is 8. The van der Waals surface area contributed by atoms with Crippen molar-refractivity contribution in [2.24, 2.45) is 10.7 Å². The van der Waals surface area contributed by atoms with Crippen LogP contribution in [0.1, 0.15) is 27.2 Å². The van der Waals surface area contributed by atoms with E-state index < -0.39 is 43.2 Å². The van der Waals surface area contributed by atoms with E-state index in [1.54, 1.807) is 26.8 Å². The van der Waals surface area contributed by atoms with Crippen LogP contribution in [-0.4, -0.2) is 56.0 Å². The van der Waals surface area contributed by atoms with E-state index >= 15 is 0 Å². The zero-order valence-corrected chi connectivity index (χ0v) is 18.0. The van der Waals surface area contributed by atoms with Gasteiger partial charge in [0.25, 0.3) is 0 Å². The second-order valence-electron chi connectivity index (χ2n) is 8.81. The molecule has 0 aliphatic carbocycles. The Bertz CT molecular complexity index is 620. The number of aliphatic imine (C=N–C) groups is 1. The molecule has 0 saturated heterocycles. The number of amides is 2. The molecule has 1 heterocycles. The van der Waals surface area contributed by atoms with Crippen molar-refractivity contribution in [3.8, 4) is 0 Å². The predicted octanol–water partition coefficient (Wildman–Crippen LogP) is 2.02. The van der Waals surface area contributed by atoms with Gasteiger partial charge in [-0.15, -0.1) is 0 Å². The molecule has 0 radical (unpaired) electrons. The van der Waals surface area contributed by atoms with Crippen LogP contribution < -0.4 is 11.1 Å². The van der Waals surface area contributed by atoms with Crippen molar-refractivity contribution in [2.75, 3.05) is 6.61 Å². The third-order valence-electron chi connectivity index (χ3n) is 3.75. The molecule has 0 aromatic carbocycles. The highest BCUT2D eigenvalue weighted by molar-refractivity contribution is 6.76. The van der Waals surface area contributed by atoms with E-state index in [4.69, 9.17) is 15.2 Å². The van der Waals surface area contributed by atoms with Crippen molar-refractivity contribution in [3.63, 3.8) is 0 Å². The van der Waals surface area contributed by atoms with Crippen molar-refractivity contribution in [3.05, 3.63) is 12.2 Å². The number of nitrogens with zero attached hydrogens (tertiary/aromatic N) is 1. The minimum atomic E-state index is -1.40. The molecular weight excluding hydrogens is 366 g/mol. The Balaban J connectivity index is 2.80. The summed E-state index contributed by atoms with van der Waals surface area (Å²) in [5.41, 5.74) is 3.29. The number of esters is 1. The molecule has 2 amide bonds. The zero-order valence-electron chi connectivity index (χ0n) is 17.0. The molecule has 0 spiro atoms. The molecule has 1 aliphatic rings. The Morgan fingerprint density at radius 2 is 1.89 bits per heavy atom. The molecule has 152 valence electrons. The number of hydrogen-bond donors (Lipinski definition) is 2. The van der Waals surface area contributed by atoms with Crippen LogP contribution in [0.2, 0.25) is 25.7 Å². The maximum Gasteiger partial charge on any atom is 0.407 e. The average molecular weight is 398 g/mol. The van der Waals surface area contributed by atoms with Gasteiger partial charge in [0.2, 0.25) is 5.91 Å². The standard InChI is InChI=1S/C18H31N3O5Si/c1-17(2,3)26-15(23)18(8-7-9-20-18)12-13(14(19)22)21-16(24)25-10-11-27(4,5)6/h7-9,13H,10-12H2,1-6H3,(H2,19,22)(H,21,24)/t13-,18?/m0/s1. The van der Waals surface area contributed by atoms with Crippen LogP contribution in [0.3, 0.4) is 0 Å². The van der Waals surface area contributed by atoms with Gasteiger partial charge in [-0.05, 0) is 39.0 Å². The van der Waals surface area contributed by atoms with Gasteiger partial charge in [-0.3, -0.25) is 9.79 Å². The van der Waals surface area contributed by atoms with Crippen molar-refractivity contribution in [2.45, 2.75) is 70.1 Å². The lowest BCUT2D eigenvalue weighted by Gasteiger charge is -2.30. The van der Waals surface area contributed by atoms with Gasteiger partial charge in [0, 0.05) is 20.7 Å². The van der Waals surface area contributed by atoms with Crippen LogP contribution in [0.4, 0.5) is 4.79 Å². The van der Waals surface area contributed by atoms with E-state index in [0.717, 1.165) is 6.04 Å². The molecule has 0 saturated carbocycles. The minimum Gasteiger partial charge on any atom is -0.458 e. The first-order valence-electron chi connectivity index (χ1n) is 8.93. The van der Waals surface area contributed by atoms with Gasteiger partial charge >= 0.3 is 12.1 Å². The third kappa shape index (κ3) is 7.94. The predicted molar refractivity (Wildman–Crippen MR) is 106 cm³/mol. The quantitative estimate of drug-likeness (QED) is 0.479. The summed E-state index contributed by atoms with van der Waals surface area (Å²) in [7, 11) is -1.35. The molecule has 1 unspecified atom stereocenters. The number of allylic oxidation sites excluding steroid dienone is 1. The summed E-state index contributed by atoms with van der Waals surface area (Å²) in [5.74, 6) is -1.39. The fraction of sp³-hybridized carbons (Fsp3) is 0.667. The molecule has 0 aromatic rings. The molecule has 2 atom stereocenters. The smallest absolute Gasteiger partial charge is 0.407 e. The highest BCUT2D eigenvalue weighted by Crippen LogP contribution is 2.27. The second kappa shape index (κ2) is 8.68. The van der Waals surface area contributed by atoms with E-state index in [9.17, 15) is 14.4 Å². The lowest BCUT2D eigenvalue weighted by Crippen LogP contribution is -2.51. The Hall–Kier alpha value is -2.16. The van der Waals surface area contributed by atoms with E-state index in [2.05, 4.69) is 30.0 Å². The molecule has 1 rings (SSSR count). The first-order valence-corrected chi connectivity index (χ1v) is 12.6. The summed E-state index contributed by atoms with van der Waals surface area (Å²) in [6, 6.07) is -0.326. The summed E-state index contributed by atoms with van der Waals surface area (Å²) < 4.78 is 10.6. The number of carbonyl (C=O) groups excluding carboxylic acids is 3. The fourth-order valence-corrected chi connectivity index (χ4v) is 2.99. The molecule has 1 aliphatic heterocycles. The molecule has 27 heavy (non-hydrogen) atoms. The second-order valence-corrected chi connectivity index (χ2v) is 14.4. The molecule has 3 N–H and O–H groups in total. The first-order chi connectivity index (χ1) is 12.2. The monoisotopic (exact) mass is 397 g/mol. The largest absolute Gasteiger partial charge is 0.458 e. The van der Waals surface area contributed by atoms with Crippen molar-refractivity contribution < 1.29 is 23.9 Å². The topological polar surface area (TPSA) is 120 Å². The number of alkyl carbamates (subject to hydrolysis) is 1. The van der Waals surface area contributed by atoms with Gasteiger partial charge in [0.05, 0.1) is 6.61 Å². The highest BCUT2D eigenvalue weighted by Gasteiger charge is 2.44. The normalized spacial score (nSPS) is 20.2. The van der Waals surface area contributed by atoms with E-state index in [0.29, 0.717) is 0 Å². The summed E-state index contributed by atoms with van der Waals surface area (Å²) in [6.07, 6.45) is 3.69. The maximum absolute atomic E-state index is 12.6. The Labute approximate surface area is 161 Å². The van der Waals surface area contributed by atoms with Gasteiger partial charge in [-0.25, -0.2) is 9.59 Å². The summed E-state index contributed by atoms with van der Waals surface area (Å²) >= 11 is 0. The van der Waals surface area contributed by atoms with E-state index in [1.807, 2.05) is 0 Å². The molecule has 0 fully saturated rings. The SMILES string of the molecule is CC(C)(C)OC(=O)C1(C[C@H](NC(=O)OCC[Si](C)(C)C)C(N)=O)C=CC=N1. The van der Waals surface area contributed by atoms with Crippen LogP contribution in [0, 0.1) is 0 Å². The van der Waals surface area contributed by atoms with Crippen LogP contribution in [-0.2, 0) is 19.1 Å². The average Bonchev–Trinajstić information content (AvgIpc) is 2.93. The van der Waals surface area contributed by atoms with Crippen LogP contribution in [0.25, 0.3) is 0 Å². The number of ether oxygens (including phenoxy) is 2.